The minimum atomic E-state index is -0.105. The van der Waals surface area contributed by atoms with Crippen LogP contribution in [0.1, 0.15) is 40.5 Å². The van der Waals surface area contributed by atoms with Crippen molar-refractivity contribution in [3.05, 3.63) is 0 Å². The molecule has 1 nitrogen and oxygen atoms in total. The van der Waals surface area contributed by atoms with E-state index in [1.165, 1.54) is 12.8 Å². The van der Waals surface area contributed by atoms with Crippen LogP contribution in [0.15, 0.2) is 0 Å². The van der Waals surface area contributed by atoms with E-state index in [0.717, 1.165) is 0 Å². The third kappa shape index (κ3) is 1.44. The van der Waals surface area contributed by atoms with E-state index >= 15 is 0 Å². The first kappa shape index (κ1) is 9.05. The number of hydrogen-bond donors (Lipinski definition) is 1. The van der Waals surface area contributed by atoms with Gasteiger partial charge in [-0.25, -0.2) is 0 Å². The molecule has 1 saturated carbocycles. The Balaban J connectivity index is 2.72. The first-order chi connectivity index (χ1) is 4.96. The Morgan fingerprint density at radius 2 is 1.73 bits per heavy atom. The first-order valence-corrected chi connectivity index (χ1v) is 4.64. The second-order valence-corrected chi connectivity index (χ2v) is 4.72. The fourth-order valence-electron chi connectivity index (χ4n) is 2.07. The summed E-state index contributed by atoms with van der Waals surface area (Å²) in [5.74, 6) is 1.15. The van der Waals surface area contributed by atoms with Gasteiger partial charge >= 0.3 is 0 Å². The van der Waals surface area contributed by atoms with Gasteiger partial charge in [-0.05, 0) is 30.1 Å². The van der Waals surface area contributed by atoms with E-state index in [4.69, 9.17) is 0 Å². The lowest BCUT2D eigenvalue weighted by molar-refractivity contribution is -0.0579. The second-order valence-electron chi connectivity index (χ2n) is 4.72. The fourth-order valence-corrected chi connectivity index (χ4v) is 2.07. The second kappa shape index (κ2) is 2.78. The highest BCUT2D eigenvalue weighted by Gasteiger charge is 2.40. The molecule has 66 valence electrons. The molecule has 1 aliphatic carbocycles. The molecule has 11 heavy (non-hydrogen) atoms. The molecule has 0 aromatic rings. The minimum Gasteiger partial charge on any atom is -0.392 e. The monoisotopic (exact) mass is 156 g/mol. The molecule has 1 N–H and O–H groups in total. The zero-order valence-corrected chi connectivity index (χ0v) is 8.09. The van der Waals surface area contributed by atoms with Crippen LogP contribution in [-0.4, -0.2) is 11.2 Å². The summed E-state index contributed by atoms with van der Waals surface area (Å²) in [6.45, 7) is 8.75. The van der Waals surface area contributed by atoms with E-state index in [0.29, 0.717) is 11.8 Å². The van der Waals surface area contributed by atoms with E-state index in [-0.39, 0.29) is 11.5 Å². The summed E-state index contributed by atoms with van der Waals surface area (Å²) in [6.07, 6.45) is 2.35. The Kier molecular flexibility index (Phi) is 2.29. The normalized spacial score (nSPS) is 43.9. The predicted octanol–water partition coefficient (Wildman–Crippen LogP) is 2.44. The Morgan fingerprint density at radius 1 is 1.18 bits per heavy atom. The molecule has 3 atom stereocenters. The van der Waals surface area contributed by atoms with Crippen LogP contribution in [0, 0.1) is 17.3 Å². The number of rotatable bonds is 0. The zero-order chi connectivity index (χ0) is 8.65. The van der Waals surface area contributed by atoms with Crippen LogP contribution in [0.2, 0.25) is 0 Å². The molecule has 0 heterocycles. The van der Waals surface area contributed by atoms with E-state index in [9.17, 15) is 5.11 Å². The van der Waals surface area contributed by atoms with Crippen molar-refractivity contribution in [3.8, 4) is 0 Å². The molecule has 0 unspecified atom stereocenters. The molecule has 1 aliphatic rings. The lowest BCUT2D eigenvalue weighted by atomic mass is 9.64. The smallest absolute Gasteiger partial charge is 0.0619 e. The van der Waals surface area contributed by atoms with Crippen LogP contribution < -0.4 is 0 Å². The summed E-state index contributed by atoms with van der Waals surface area (Å²) in [5.41, 5.74) is 0.123. The highest BCUT2D eigenvalue weighted by atomic mass is 16.3. The van der Waals surface area contributed by atoms with Crippen LogP contribution >= 0.6 is 0 Å². The van der Waals surface area contributed by atoms with Crippen molar-refractivity contribution in [1.82, 2.24) is 0 Å². The summed E-state index contributed by atoms with van der Waals surface area (Å²) in [5, 5.41) is 9.88. The van der Waals surface area contributed by atoms with E-state index in [2.05, 4.69) is 27.7 Å². The van der Waals surface area contributed by atoms with Crippen LogP contribution in [-0.2, 0) is 0 Å². The first-order valence-electron chi connectivity index (χ1n) is 4.64. The van der Waals surface area contributed by atoms with Gasteiger partial charge < -0.3 is 5.11 Å². The SMILES string of the molecule is C[C@H]1CC[C@H](C)C(C)(C)[C@@H]1O. The number of aliphatic hydroxyl groups is 1. The van der Waals surface area contributed by atoms with Gasteiger partial charge in [0.25, 0.3) is 0 Å². The highest BCUT2D eigenvalue weighted by Crippen LogP contribution is 2.42. The van der Waals surface area contributed by atoms with E-state index in [1.54, 1.807) is 0 Å². The van der Waals surface area contributed by atoms with Gasteiger partial charge in [0.1, 0.15) is 0 Å². The molecular formula is C10H20O. The predicted molar refractivity (Wildman–Crippen MR) is 47.3 cm³/mol. The van der Waals surface area contributed by atoms with Gasteiger partial charge in [0.2, 0.25) is 0 Å². The van der Waals surface area contributed by atoms with Crippen molar-refractivity contribution in [1.29, 1.82) is 0 Å². The van der Waals surface area contributed by atoms with Crippen molar-refractivity contribution >= 4 is 0 Å². The Hall–Kier alpha value is -0.0400. The third-order valence-corrected chi connectivity index (χ3v) is 3.63. The maximum Gasteiger partial charge on any atom is 0.0619 e. The summed E-state index contributed by atoms with van der Waals surface area (Å²) in [4.78, 5) is 0. The maximum atomic E-state index is 9.88. The summed E-state index contributed by atoms with van der Waals surface area (Å²) in [7, 11) is 0. The van der Waals surface area contributed by atoms with E-state index in [1.807, 2.05) is 0 Å². The topological polar surface area (TPSA) is 20.2 Å². The van der Waals surface area contributed by atoms with Gasteiger partial charge in [0, 0.05) is 0 Å². The average molecular weight is 156 g/mol. The quantitative estimate of drug-likeness (QED) is 0.571. The molecule has 0 aromatic carbocycles. The van der Waals surface area contributed by atoms with Gasteiger partial charge in [-0.15, -0.1) is 0 Å². The minimum absolute atomic E-state index is 0.105. The third-order valence-electron chi connectivity index (χ3n) is 3.63. The molecular weight excluding hydrogens is 136 g/mol. The largest absolute Gasteiger partial charge is 0.392 e. The van der Waals surface area contributed by atoms with Crippen molar-refractivity contribution in [2.45, 2.75) is 46.6 Å². The van der Waals surface area contributed by atoms with Gasteiger partial charge in [-0.3, -0.25) is 0 Å². The summed E-state index contributed by atoms with van der Waals surface area (Å²) >= 11 is 0. The Morgan fingerprint density at radius 3 is 2.18 bits per heavy atom. The fraction of sp³-hybridized carbons (Fsp3) is 1.00. The molecule has 0 bridgehead atoms. The standard InChI is InChI=1S/C10H20O/c1-7-5-6-8(2)10(3,4)9(7)11/h7-9,11H,5-6H2,1-4H3/t7-,8-,9+/m0/s1. The maximum absolute atomic E-state index is 9.88. The number of aliphatic hydroxyl groups excluding tert-OH is 1. The molecule has 1 heteroatoms. The van der Waals surface area contributed by atoms with E-state index < -0.39 is 0 Å². The molecule has 1 rings (SSSR count). The molecule has 0 aliphatic heterocycles. The van der Waals surface area contributed by atoms with Crippen LogP contribution in [0.3, 0.4) is 0 Å². The molecule has 0 amide bonds. The molecule has 0 aromatic heterocycles. The van der Waals surface area contributed by atoms with Crippen molar-refractivity contribution in [2.24, 2.45) is 17.3 Å². The summed E-state index contributed by atoms with van der Waals surface area (Å²) < 4.78 is 0. The Bertz CT molecular complexity index is 140. The van der Waals surface area contributed by atoms with Crippen molar-refractivity contribution in [2.75, 3.05) is 0 Å². The van der Waals surface area contributed by atoms with Crippen molar-refractivity contribution < 1.29 is 5.11 Å². The Labute approximate surface area is 69.8 Å². The van der Waals surface area contributed by atoms with Gasteiger partial charge in [-0.2, -0.15) is 0 Å². The lowest BCUT2D eigenvalue weighted by Gasteiger charge is -2.44. The molecule has 0 spiro atoms. The van der Waals surface area contributed by atoms with Gasteiger partial charge in [0.15, 0.2) is 0 Å². The van der Waals surface area contributed by atoms with Crippen molar-refractivity contribution in [3.63, 3.8) is 0 Å². The van der Waals surface area contributed by atoms with Crippen LogP contribution in [0.4, 0.5) is 0 Å². The highest BCUT2D eigenvalue weighted by molar-refractivity contribution is 4.90. The lowest BCUT2D eigenvalue weighted by Crippen LogP contribution is -2.43. The van der Waals surface area contributed by atoms with Gasteiger partial charge in [0.05, 0.1) is 6.10 Å². The summed E-state index contributed by atoms with van der Waals surface area (Å²) in [6, 6.07) is 0. The molecule has 0 radical (unpaired) electrons. The van der Waals surface area contributed by atoms with Gasteiger partial charge in [-0.1, -0.05) is 27.7 Å². The van der Waals surface area contributed by atoms with Crippen LogP contribution in [0.5, 0.6) is 0 Å². The molecule has 1 fully saturated rings. The van der Waals surface area contributed by atoms with Crippen LogP contribution in [0.25, 0.3) is 0 Å². The average Bonchev–Trinajstić information content (AvgIpc) is 1.95. The number of hydrogen-bond acceptors (Lipinski definition) is 1. The molecule has 0 saturated heterocycles. The zero-order valence-electron chi connectivity index (χ0n) is 8.09.